The second-order valence-corrected chi connectivity index (χ2v) is 6.46. The van der Waals surface area contributed by atoms with Crippen LogP contribution in [-0.4, -0.2) is 41.2 Å². The van der Waals surface area contributed by atoms with Crippen LogP contribution in [0.15, 0.2) is 42.5 Å². The van der Waals surface area contributed by atoms with Crippen molar-refractivity contribution in [1.82, 2.24) is 15.6 Å². The Kier molecular flexibility index (Phi) is 3.96. The number of aliphatic hydroxyl groups excluding tert-OH is 1. The van der Waals surface area contributed by atoms with Gasteiger partial charge in [0, 0.05) is 28.4 Å². The molecule has 0 radical (unpaired) electrons. The number of hydrogen-bond donors (Lipinski definition) is 4. The Labute approximate surface area is 140 Å². The molecule has 4 N–H and O–H groups in total. The zero-order valence-electron chi connectivity index (χ0n) is 13.4. The molecule has 0 bridgehead atoms. The molecular weight excluding hydrogens is 302 g/mol. The molecule has 2 atom stereocenters. The number of carbonyl (C=O) groups is 1. The predicted octanol–water partition coefficient (Wildman–Crippen LogP) is 1.70. The molecule has 124 valence electrons. The van der Waals surface area contributed by atoms with Gasteiger partial charge < -0.3 is 20.7 Å². The van der Waals surface area contributed by atoms with Crippen LogP contribution in [0, 0.1) is 0 Å². The molecule has 1 aliphatic heterocycles. The number of amides is 1. The van der Waals surface area contributed by atoms with E-state index in [4.69, 9.17) is 0 Å². The lowest BCUT2D eigenvalue weighted by Gasteiger charge is -2.29. The molecule has 0 unspecified atom stereocenters. The summed E-state index contributed by atoms with van der Waals surface area (Å²) in [4.78, 5) is 15.7. The molecule has 1 amide bonds. The molecule has 1 fully saturated rings. The number of aliphatic hydroxyl groups is 1. The van der Waals surface area contributed by atoms with Gasteiger partial charge in [0.2, 0.25) is 5.91 Å². The van der Waals surface area contributed by atoms with Gasteiger partial charge in [0.15, 0.2) is 0 Å². The summed E-state index contributed by atoms with van der Waals surface area (Å²) >= 11 is 0. The van der Waals surface area contributed by atoms with Gasteiger partial charge >= 0.3 is 0 Å². The van der Waals surface area contributed by atoms with E-state index >= 15 is 0 Å². The minimum Gasteiger partial charge on any atom is -0.390 e. The van der Waals surface area contributed by atoms with Crippen molar-refractivity contribution in [2.45, 2.75) is 25.0 Å². The lowest BCUT2D eigenvalue weighted by atomic mass is 10.0. The molecule has 4 rings (SSSR count). The highest BCUT2D eigenvalue weighted by Crippen LogP contribution is 2.26. The van der Waals surface area contributed by atoms with Gasteiger partial charge in [-0.2, -0.15) is 0 Å². The molecule has 2 heterocycles. The second-order valence-electron chi connectivity index (χ2n) is 6.46. The Balaban J connectivity index is 1.53. The molecule has 2 aromatic carbocycles. The number of aromatic nitrogens is 1. The SMILES string of the molecule is O=C(Cc1ccc2[nH]c3ccccc3c2c1)N[C@@H]1CCNC[C@H]1O. The van der Waals surface area contributed by atoms with Crippen LogP contribution in [0.4, 0.5) is 0 Å². The number of aromatic amines is 1. The van der Waals surface area contributed by atoms with E-state index in [1.807, 2.05) is 24.3 Å². The third kappa shape index (κ3) is 2.88. The Morgan fingerprint density at radius 3 is 2.88 bits per heavy atom. The molecule has 0 spiro atoms. The highest BCUT2D eigenvalue weighted by molar-refractivity contribution is 6.07. The van der Waals surface area contributed by atoms with Crippen molar-refractivity contribution in [3.8, 4) is 0 Å². The van der Waals surface area contributed by atoms with Crippen LogP contribution in [0.2, 0.25) is 0 Å². The summed E-state index contributed by atoms with van der Waals surface area (Å²) < 4.78 is 0. The average Bonchev–Trinajstić information content (AvgIpc) is 2.95. The van der Waals surface area contributed by atoms with Gasteiger partial charge in [-0.05, 0) is 36.7 Å². The Morgan fingerprint density at radius 2 is 2.00 bits per heavy atom. The van der Waals surface area contributed by atoms with Gasteiger partial charge in [-0.25, -0.2) is 0 Å². The van der Waals surface area contributed by atoms with E-state index in [0.717, 1.165) is 34.9 Å². The van der Waals surface area contributed by atoms with Crippen LogP contribution in [0.3, 0.4) is 0 Å². The molecular formula is C19H21N3O2. The molecule has 0 saturated carbocycles. The van der Waals surface area contributed by atoms with Gasteiger partial charge in [0.1, 0.15) is 0 Å². The molecule has 1 aromatic heterocycles. The molecule has 1 aliphatic rings. The molecule has 3 aromatic rings. The van der Waals surface area contributed by atoms with Crippen LogP contribution in [0.25, 0.3) is 21.8 Å². The van der Waals surface area contributed by atoms with Gasteiger partial charge in [-0.1, -0.05) is 24.3 Å². The fourth-order valence-electron chi connectivity index (χ4n) is 3.46. The quantitative estimate of drug-likeness (QED) is 0.592. The van der Waals surface area contributed by atoms with Crippen LogP contribution in [0.5, 0.6) is 0 Å². The number of nitrogens with one attached hydrogen (secondary N) is 3. The molecule has 5 nitrogen and oxygen atoms in total. The first-order valence-corrected chi connectivity index (χ1v) is 8.38. The van der Waals surface area contributed by atoms with Crippen LogP contribution in [-0.2, 0) is 11.2 Å². The Bertz CT molecular complexity index is 887. The fraction of sp³-hybridized carbons (Fsp3) is 0.316. The third-order valence-corrected chi connectivity index (χ3v) is 4.73. The minimum atomic E-state index is -0.515. The average molecular weight is 323 g/mol. The third-order valence-electron chi connectivity index (χ3n) is 4.73. The van der Waals surface area contributed by atoms with Crippen molar-refractivity contribution >= 4 is 27.7 Å². The fourth-order valence-corrected chi connectivity index (χ4v) is 3.46. The number of carbonyl (C=O) groups excluding carboxylic acids is 1. The van der Waals surface area contributed by atoms with Gasteiger partial charge in [-0.15, -0.1) is 0 Å². The van der Waals surface area contributed by atoms with Gasteiger partial charge in [0.25, 0.3) is 0 Å². The number of fused-ring (bicyclic) bond motifs is 3. The zero-order chi connectivity index (χ0) is 16.5. The predicted molar refractivity (Wildman–Crippen MR) is 94.9 cm³/mol. The summed E-state index contributed by atoms with van der Waals surface area (Å²) in [5, 5.41) is 18.3. The van der Waals surface area contributed by atoms with Crippen LogP contribution < -0.4 is 10.6 Å². The highest BCUT2D eigenvalue weighted by Gasteiger charge is 2.24. The smallest absolute Gasteiger partial charge is 0.224 e. The van der Waals surface area contributed by atoms with Crippen molar-refractivity contribution < 1.29 is 9.90 Å². The van der Waals surface area contributed by atoms with E-state index in [9.17, 15) is 9.90 Å². The Morgan fingerprint density at radius 1 is 1.17 bits per heavy atom. The lowest BCUT2D eigenvalue weighted by molar-refractivity contribution is -0.122. The van der Waals surface area contributed by atoms with E-state index in [1.54, 1.807) is 0 Å². The first-order chi connectivity index (χ1) is 11.7. The topological polar surface area (TPSA) is 77.2 Å². The molecule has 1 saturated heterocycles. The first-order valence-electron chi connectivity index (χ1n) is 8.38. The number of piperidine rings is 1. The summed E-state index contributed by atoms with van der Waals surface area (Å²) in [6.07, 6.45) is 0.569. The van der Waals surface area contributed by atoms with Gasteiger partial charge in [-0.3, -0.25) is 4.79 Å². The monoisotopic (exact) mass is 323 g/mol. The summed E-state index contributed by atoms with van der Waals surface area (Å²) in [7, 11) is 0. The molecule has 0 aliphatic carbocycles. The maximum absolute atomic E-state index is 12.3. The largest absolute Gasteiger partial charge is 0.390 e. The number of para-hydroxylation sites is 1. The normalized spacial score (nSPS) is 21.2. The number of hydrogen-bond acceptors (Lipinski definition) is 3. The summed E-state index contributed by atoms with van der Waals surface area (Å²) in [5.74, 6) is -0.0415. The number of β-amino-alcohol motifs (C(OH)–C–C–N with tert-alkyl or cyclic N) is 1. The lowest BCUT2D eigenvalue weighted by Crippen LogP contribution is -2.52. The van der Waals surface area contributed by atoms with Crippen molar-refractivity contribution in [3.05, 3.63) is 48.0 Å². The zero-order valence-corrected chi connectivity index (χ0v) is 13.4. The van der Waals surface area contributed by atoms with E-state index in [1.165, 1.54) is 5.39 Å². The second kappa shape index (κ2) is 6.26. The van der Waals surface area contributed by atoms with E-state index in [2.05, 4.69) is 33.8 Å². The Hall–Kier alpha value is -2.37. The van der Waals surface area contributed by atoms with Crippen molar-refractivity contribution in [2.24, 2.45) is 0 Å². The van der Waals surface area contributed by atoms with Crippen LogP contribution >= 0.6 is 0 Å². The summed E-state index contributed by atoms with van der Waals surface area (Å²) in [6.45, 7) is 1.36. The van der Waals surface area contributed by atoms with Gasteiger partial charge in [0.05, 0.1) is 18.6 Å². The van der Waals surface area contributed by atoms with Crippen molar-refractivity contribution in [2.75, 3.05) is 13.1 Å². The summed E-state index contributed by atoms with van der Waals surface area (Å²) in [6, 6.07) is 14.1. The maximum atomic E-state index is 12.3. The molecule has 5 heteroatoms. The highest BCUT2D eigenvalue weighted by atomic mass is 16.3. The summed E-state index contributed by atoms with van der Waals surface area (Å²) in [5.41, 5.74) is 3.16. The van der Waals surface area contributed by atoms with E-state index in [-0.39, 0.29) is 11.9 Å². The van der Waals surface area contributed by atoms with E-state index < -0.39 is 6.10 Å². The van der Waals surface area contributed by atoms with E-state index in [0.29, 0.717) is 13.0 Å². The van der Waals surface area contributed by atoms with Crippen molar-refractivity contribution in [1.29, 1.82) is 0 Å². The number of H-pyrrole nitrogens is 1. The maximum Gasteiger partial charge on any atom is 0.224 e. The number of benzene rings is 2. The molecule has 24 heavy (non-hydrogen) atoms. The van der Waals surface area contributed by atoms with Crippen LogP contribution in [0.1, 0.15) is 12.0 Å². The minimum absolute atomic E-state index is 0.0415. The standard InChI is InChI=1S/C19H21N3O2/c23-18-11-20-8-7-17(18)22-19(24)10-12-5-6-16-14(9-12)13-3-1-2-4-15(13)21-16/h1-6,9,17-18,20-21,23H,7-8,10-11H2,(H,22,24)/t17-,18-/m1/s1. The first kappa shape index (κ1) is 15.2. The number of rotatable bonds is 3. The van der Waals surface area contributed by atoms with Crippen molar-refractivity contribution in [3.63, 3.8) is 0 Å².